The fourth-order valence-corrected chi connectivity index (χ4v) is 2.22. The summed E-state index contributed by atoms with van der Waals surface area (Å²) in [6.07, 6.45) is 0.919. The van der Waals surface area contributed by atoms with Crippen LogP contribution in [0, 0.1) is 5.82 Å². The van der Waals surface area contributed by atoms with Gasteiger partial charge in [0.25, 0.3) is 0 Å². The van der Waals surface area contributed by atoms with Gasteiger partial charge in [-0.15, -0.1) is 0 Å². The van der Waals surface area contributed by atoms with Crippen molar-refractivity contribution in [3.05, 3.63) is 34.6 Å². The molecule has 0 bridgehead atoms. The number of ether oxygens (including phenoxy) is 1. The molecule has 3 nitrogen and oxygen atoms in total. The van der Waals surface area contributed by atoms with E-state index in [2.05, 4.69) is 4.90 Å². The predicted octanol–water partition coefficient (Wildman–Crippen LogP) is 2.45. The van der Waals surface area contributed by atoms with E-state index in [9.17, 15) is 4.39 Å². The number of hydrogen-bond donors (Lipinski definition) is 1. The van der Waals surface area contributed by atoms with Crippen molar-refractivity contribution < 1.29 is 9.13 Å². The first-order chi connectivity index (χ1) is 8.60. The van der Waals surface area contributed by atoms with Crippen LogP contribution in [0.5, 0.6) is 0 Å². The van der Waals surface area contributed by atoms with E-state index in [4.69, 9.17) is 22.1 Å². The Kier molecular flexibility index (Phi) is 6.57. The Morgan fingerprint density at radius 3 is 2.78 bits per heavy atom. The molecule has 0 aliphatic carbocycles. The maximum atomic E-state index is 13.0. The van der Waals surface area contributed by atoms with Gasteiger partial charge in [-0.1, -0.05) is 17.7 Å². The van der Waals surface area contributed by atoms with E-state index in [1.807, 2.05) is 7.05 Å². The maximum absolute atomic E-state index is 13.0. The summed E-state index contributed by atoms with van der Waals surface area (Å²) in [4.78, 5) is 2.11. The molecule has 0 saturated carbocycles. The summed E-state index contributed by atoms with van der Waals surface area (Å²) in [5, 5.41) is 0.420. The zero-order valence-corrected chi connectivity index (χ0v) is 11.6. The average Bonchev–Trinajstić information content (AvgIpc) is 2.33. The van der Waals surface area contributed by atoms with E-state index in [0.717, 1.165) is 18.5 Å². The van der Waals surface area contributed by atoms with Crippen LogP contribution in [0.25, 0.3) is 0 Å². The molecule has 0 saturated heterocycles. The number of likely N-dealkylation sites (N-methyl/N-ethyl adjacent to an activating group) is 1. The van der Waals surface area contributed by atoms with Gasteiger partial charge in [-0.3, -0.25) is 4.90 Å². The Hall–Kier alpha value is -0.680. The molecule has 5 heteroatoms. The maximum Gasteiger partial charge on any atom is 0.124 e. The van der Waals surface area contributed by atoms with Crippen LogP contribution < -0.4 is 5.73 Å². The summed E-state index contributed by atoms with van der Waals surface area (Å²) in [6, 6.07) is 4.42. The zero-order chi connectivity index (χ0) is 13.5. The normalized spacial score (nSPS) is 13.0. The van der Waals surface area contributed by atoms with E-state index >= 15 is 0 Å². The molecule has 1 unspecified atom stereocenters. The highest BCUT2D eigenvalue weighted by molar-refractivity contribution is 6.31. The number of benzene rings is 1. The second-order valence-corrected chi connectivity index (χ2v) is 4.65. The minimum absolute atomic E-state index is 0.00467. The van der Waals surface area contributed by atoms with Gasteiger partial charge in [0.1, 0.15) is 5.82 Å². The molecule has 0 radical (unpaired) electrons. The minimum Gasteiger partial charge on any atom is -0.385 e. The molecule has 1 aromatic rings. The van der Waals surface area contributed by atoms with Crippen molar-refractivity contribution in [3.63, 3.8) is 0 Å². The third-order valence-corrected chi connectivity index (χ3v) is 3.26. The average molecular weight is 275 g/mol. The van der Waals surface area contributed by atoms with Crippen molar-refractivity contribution in [2.75, 3.05) is 33.9 Å². The van der Waals surface area contributed by atoms with Gasteiger partial charge in [0.05, 0.1) is 0 Å². The SMILES string of the molecule is COCCCN(C)C(CN)c1ccc(F)cc1Cl. The smallest absolute Gasteiger partial charge is 0.124 e. The molecule has 2 N–H and O–H groups in total. The number of nitrogens with zero attached hydrogens (tertiary/aromatic N) is 1. The monoisotopic (exact) mass is 274 g/mol. The summed E-state index contributed by atoms with van der Waals surface area (Å²) >= 11 is 6.06. The van der Waals surface area contributed by atoms with Crippen molar-refractivity contribution in [3.8, 4) is 0 Å². The highest BCUT2D eigenvalue weighted by atomic mass is 35.5. The molecular formula is C13H20ClFN2O. The van der Waals surface area contributed by atoms with Gasteiger partial charge in [-0.05, 0) is 31.2 Å². The molecular weight excluding hydrogens is 255 g/mol. The van der Waals surface area contributed by atoms with Crippen molar-refractivity contribution in [1.82, 2.24) is 4.90 Å². The standard InChI is InChI=1S/C13H20ClFN2O/c1-17(6-3-7-18-2)13(9-16)11-5-4-10(15)8-12(11)14/h4-5,8,13H,3,6-7,9,16H2,1-2H3. The first kappa shape index (κ1) is 15.4. The first-order valence-corrected chi connectivity index (χ1v) is 6.32. The first-order valence-electron chi connectivity index (χ1n) is 5.94. The van der Waals surface area contributed by atoms with Crippen LogP contribution in [0.2, 0.25) is 5.02 Å². The molecule has 0 heterocycles. The second-order valence-electron chi connectivity index (χ2n) is 4.24. The van der Waals surface area contributed by atoms with Crippen LogP contribution in [0.4, 0.5) is 4.39 Å². The number of methoxy groups -OCH3 is 1. The predicted molar refractivity (Wildman–Crippen MR) is 72.3 cm³/mol. The van der Waals surface area contributed by atoms with Crippen LogP contribution in [-0.4, -0.2) is 38.8 Å². The molecule has 0 spiro atoms. The zero-order valence-electron chi connectivity index (χ0n) is 10.8. The molecule has 1 rings (SSSR count). The number of nitrogens with two attached hydrogens (primary N) is 1. The summed E-state index contributed by atoms with van der Waals surface area (Å²) in [7, 11) is 3.66. The van der Waals surface area contributed by atoms with Gasteiger partial charge in [-0.2, -0.15) is 0 Å². The lowest BCUT2D eigenvalue weighted by Crippen LogP contribution is -2.32. The fourth-order valence-electron chi connectivity index (χ4n) is 1.93. The van der Waals surface area contributed by atoms with Crippen molar-refractivity contribution in [2.45, 2.75) is 12.5 Å². The van der Waals surface area contributed by atoms with Crippen LogP contribution in [0.3, 0.4) is 0 Å². The topological polar surface area (TPSA) is 38.5 Å². The van der Waals surface area contributed by atoms with Crippen LogP contribution in [-0.2, 0) is 4.74 Å². The van der Waals surface area contributed by atoms with Gasteiger partial charge in [-0.25, -0.2) is 4.39 Å². The molecule has 0 aliphatic rings. The Labute approximate surface area is 113 Å². The molecule has 0 amide bonds. The lowest BCUT2D eigenvalue weighted by molar-refractivity contribution is 0.166. The number of hydrogen-bond acceptors (Lipinski definition) is 3. The van der Waals surface area contributed by atoms with Gasteiger partial charge < -0.3 is 10.5 Å². The molecule has 102 valence electrons. The van der Waals surface area contributed by atoms with E-state index in [0.29, 0.717) is 18.2 Å². The third kappa shape index (κ3) is 4.21. The molecule has 0 fully saturated rings. The van der Waals surface area contributed by atoms with E-state index < -0.39 is 0 Å². The van der Waals surface area contributed by atoms with Gasteiger partial charge in [0.2, 0.25) is 0 Å². The summed E-state index contributed by atoms with van der Waals surface area (Å²) < 4.78 is 18.0. The Bertz CT molecular complexity index is 376. The number of halogens is 2. The largest absolute Gasteiger partial charge is 0.385 e. The molecule has 1 aromatic carbocycles. The Morgan fingerprint density at radius 2 is 2.22 bits per heavy atom. The van der Waals surface area contributed by atoms with Crippen molar-refractivity contribution >= 4 is 11.6 Å². The van der Waals surface area contributed by atoms with E-state index in [1.54, 1.807) is 13.2 Å². The molecule has 0 aromatic heterocycles. The van der Waals surface area contributed by atoms with E-state index in [1.165, 1.54) is 12.1 Å². The Balaban J connectivity index is 2.75. The van der Waals surface area contributed by atoms with Gasteiger partial charge in [0.15, 0.2) is 0 Å². The molecule has 0 aliphatic heterocycles. The van der Waals surface area contributed by atoms with Crippen molar-refractivity contribution in [1.29, 1.82) is 0 Å². The summed E-state index contributed by atoms with van der Waals surface area (Å²) in [5.74, 6) is -0.332. The van der Waals surface area contributed by atoms with Gasteiger partial charge in [0, 0.05) is 37.9 Å². The molecule has 18 heavy (non-hydrogen) atoms. The number of rotatable bonds is 7. The van der Waals surface area contributed by atoms with E-state index in [-0.39, 0.29) is 11.9 Å². The summed E-state index contributed by atoms with van der Waals surface area (Å²) in [5.41, 5.74) is 6.65. The van der Waals surface area contributed by atoms with Crippen LogP contribution in [0.15, 0.2) is 18.2 Å². The quantitative estimate of drug-likeness (QED) is 0.776. The van der Waals surface area contributed by atoms with Crippen LogP contribution in [0.1, 0.15) is 18.0 Å². The lowest BCUT2D eigenvalue weighted by atomic mass is 10.1. The van der Waals surface area contributed by atoms with Crippen molar-refractivity contribution in [2.24, 2.45) is 5.73 Å². The molecule has 1 atom stereocenters. The van der Waals surface area contributed by atoms with Gasteiger partial charge >= 0.3 is 0 Å². The second kappa shape index (κ2) is 7.69. The highest BCUT2D eigenvalue weighted by Gasteiger charge is 2.18. The summed E-state index contributed by atoms with van der Waals surface area (Å²) in [6.45, 7) is 2.00. The third-order valence-electron chi connectivity index (χ3n) is 2.94. The van der Waals surface area contributed by atoms with Crippen LogP contribution >= 0.6 is 11.6 Å². The highest BCUT2D eigenvalue weighted by Crippen LogP contribution is 2.26. The fraction of sp³-hybridized carbons (Fsp3) is 0.538. The minimum atomic E-state index is -0.332. The lowest BCUT2D eigenvalue weighted by Gasteiger charge is -2.28. The Morgan fingerprint density at radius 1 is 1.50 bits per heavy atom.